The molecular weight excluding hydrogens is 192 g/mol. The quantitative estimate of drug-likeness (QED) is 0.693. The molecule has 0 aromatic rings. The SMILES string of the molecule is CCCCC12CN=NC1CCCC2S. The zero-order chi connectivity index (χ0) is 10.0. The van der Waals surface area contributed by atoms with Gasteiger partial charge in [0, 0.05) is 10.7 Å². The summed E-state index contributed by atoms with van der Waals surface area (Å²) < 4.78 is 0. The molecule has 2 nitrogen and oxygen atoms in total. The van der Waals surface area contributed by atoms with Gasteiger partial charge in [-0.3, -0.25) is 0 Å². The Morgan fingerprint density at radius 1 is 1.43 bits per heavy atom. The van der Waals surface area contributed by atoms with Gasteiger partial charge in [-0.1, -0.05) is 26.2 Å². The summed E-state index contributed by atoms with van der Waals surface area (Å²) in [5.41, 5.74) is 0.331. The van der Waals surface area contributed by atoms with Gasteiger partial charge in [-0.2, -0.15) is 22.9 Å². The van der Waals surface area contributed by atoms with Crippen molar-refractivity contribution in [2.75, 3.05) is 6.54 Å². The highest BCUT2D eigenvalue weighted by molar-refractivity contribution is 7.81. The lowest BCUT2D eigenvalue weighted by Gasteiger charge is -2.41. The molecule has 0 N–H and O–H groups in total. The van der Waals surface area contributed by atoms with Crippen LogP contribution >= 0.6 is 12.6 Å². The van der Waals surface area contributed by atoms with E-state index < -0.39 is 0 Å². The van der Waals surface area contributed by atoms with Crippen molar-refractivity contribution < 1.29 is 0 Å². The van der Waals surface area contributed by atoms with E-state index in [4.69, 9.17) is 12.6 Å². The first kappa shape index (κ1) is 10.5. The summed E-state index contributed by atoms with van der Waals surface area (Å²) in [6.07, 6.45) is 7.63. The first-order valence-corrected chi connectivity index (χ1v) is 6.36. The van der Waals surface area contributed by atoms with E-state index in [1.165, 1.54) is 38.5 Å². The molecule has 3 heteroatoms. The molecule has 2 aliphatic rings. The summed E-state index contributed by atoms with van der Waals surface area (Å²) in [7, 11) is 0. The van der Waals surface area contributed by atoms with Gasteiger partial charge in [0.05, 0.1) is 12.6 Å². The van der Waals surface area contributed by atoms with Crippen molar-refractivity contribution in [3.05, 3.63) is 0 Å². The molecule has 3 atom stereocenters. The maximum atomic E-state index is 4.77. The third-order valence-electron chi connectivity index (χ3n) is 3.86. The summed E-state index contributed by atoms with van der Waals surface area (Å²) in [6.45, 7) is 3.19. The van der Waals surface area contributed by atoms with Crippen molar-refractivity contribution in [3.63, 3.8) is 0 Å². The Morgan fingerprint density at radius 3 is 3.07 bits per heavy atom. The summed E-state index contributed by atoms with van der Waals surface area (Å²) in [4.78, 5) is 0. The Balaban J connectivity index is 2.10. The molecule has 0 bridgehead atoms. The number of unbranched alkanes of at least 4 members (excludes halogenated alkanes) is 1. The van der Waals surface area contributed by atoms with Crippen LogP contribution in [0.3, 0.4) is 0 Å². The van der Waals surface area contributed by atoms with E-state index in [2.05, 4.69) is 17.2 Å². The predicted octanol–water partition coefficient (Wildman–Crippen LogP) is 3.48. The molecular formula is C11H20N2S. The molecule has 3 unspecified atom stereocenters. The van der Waals surface area contributed by atoms with E-state index in [9.17, 15) is 0 Å². The number of hydrogen-bond acceptors (Lipinski definition) is 3. The molecule has 14 heavy (non-hydrogen) atoms. The Hall–Kier alpha value is -0.0500. The lowest BCUT2D eigenvalue weighted by atomic mass is 9.68. The van der Waals surface area contributed by atoms with E-state index in [0.717, 1.165) is 6.54 Å². The highest BCUT2D eigenvalue weighted by Crippen LogP contribution is 2.48. The molecule has 0 amide bonds. The van der Waals surface area contributed by atoms with Crippen LogP contribution < -0.4 is 0 Å². The topological polar surface area (TPSA) is 24.7 Å². The van der Waals surface area contributed by atoms with Crippen LogP contribution in [0.25, 0.3) is 0 Å². The number of thiol groups is 1. The molecule has 1 aliphatic heterocycles. The Bertz CT molecular complexity index is 229. The van der Waals surface area contributed by atoms with Gasteiger partial charge in [-0.15, -0.1) is 0 Å². The van der Waals surface area contributed by atoms with Gasteiger partial charge in [0.15, 0.2) is 0 Å². The highest BCUT2D eigenvalue weighted by atomic mass is 32.1. The van der Waals surface area contributed by atoms with Gasteiger partial charge in [-0.05, 0) is 19.3 Å². The van der Waals surface area contributed by atoms with Gasteiger partial charge in [0.25, 0.3) is 0 Å². The van der Waals surface area contributed by atoms with Crippen molar-refractivity contribution in [1.82, 2.24) is 0 Å². The van der Waals surface area contributed by atoms with E-state index in [-0.39, 0.29) is 0 Å². The zero-order valence-electron chi connectivity index (χ0n) is 8.95. The summed E-state index contributed by atoms with van der Waals surface area (Å²) >= 11 is 4.77. The summed E-state index contributed by atoms with van der Waals surface area (Å²) in [5.74, 6) is 0. The third-order valence-corrected chi connectivity index (χ3v) is 4.64. The molecule has 0 aromatic heterocycles. The van der Waals surface area contributed by atoms with E-state index in [1.807, 2.05) is 0 Å². The molecule has 80 valence electrons. The van der Waals surface area contributed by atoms with Gasteiger partial charge in [-0.25, -0.2) is 0 Å². The van der Waals surface area contributed by atoms with Gasteiger partial charge >= 0.3 is 0 Å². The second-order valence-corrected chi connectivity index (χ2v) is 5.34. The molecule has 0 spiro atoms. The minimum atomic E-state index is 0.331. The van der Waals surface area contributed by atoms with Crippen LogP contribution in [0.1, 0.15) is 45.4 Å². The monoisotopic (exact) mass is 212 g/mol. The van der Waals surface area contributed by atoms with Crippen molar-refractivity contribution in [1.29, 1.82) is 0 Å². The molecule has 1 aliphatic carbocycles. The van der Waals surface area contributed by atoms with Crippen molar-refractivity contribution in [2.45, 2.75) is 56.7 Å². The Kier molecular flexibility index (Phi) is 3.15. The van der Waals surface area contributed by atoms with Crippen molar-refractivity contribution >= 4 is 12.6 Å². The first-order valence-electron chi connectivity index (χ1n) is 5.84. The van der Waals surface area contributed by atoms with Crippen LogP contribution in [0.15, 0.2) is 10.2 Å². The Labute approximate surface area is 92.0 Å². The van der Waals surface area contributed by atoms with Crippen LogP contribution in [0.2, 0.25) is 0 Å². The lowest BCUT2D eigenvalue weighted by molar-refractivity contribution is 0.182. The largest absolute Gasteiger partial charge is 0.193 e. The fraction of sp³-hybridized carbons (Fsp3) is 1.00. The van der Waals surface area contributed by atoms with Crippen LogP contribution in [0.4, 0.5) is 0 Å². The molecule has 2 rings (SSSR count). The van der Waals surface area contributed by atoms with Crippen molar-refractivity contribution in [2.24, 2.45) is 15.6 Å². The van der Waals surface area contributed by atoms with Gasteiger partial charge in [0.2, 0.25) is 0 Å². The smallest absolute Gasteiger partial charge is 0.0793 e. The first-order chi connectivity index (χ1) is 6.79. The number of rotatable bonds is 3. The minimum Gasteiger partial charge on any atom is -0.193 e. The summed E-state index contributed by atoms with van der Waals surface area (Å²) in [6, 6.07) is 0.491. The number of azo groups is 1. The predicted molar refractivity (Wildman–Crippen MR) is 62.1 cm³/mol. The average Bonchev–Trinajstić information content (AvgIpc) is 2.61. The third kappa shape index (κ3) is 1.60. The number of hydrogen-bond donors (Lipinski definition) is 1. The number of fused-ring (bicyclic) bond motifs is 1. The molecule has 0 aromatic carbocycles. The summed E-state index contributed by atoms with van der Waals surface area (Å²) in [5, 5.41) is 9.22. The van der Waals surface area contributed by atoms with Crippen LogP contribution in [-0.2, 0) is 0 Å². The molecule has 0 saturated heterocycles. The number of nitrogens with zero attached hydrogens (tertiary/aromatic N) is 2. The molecule has 1 saturated carbocycles. The maximum absolute atomic E-state index is 4.77. The van der Waals surface area contributed by atoms with Crippen LogP contribution in [0, 0.1) is 5.41 Å². The molecule has 1 heterocycles. The van der Waals surface area contributed by atoms with E-state index in [1.54, 1.807) is 0 Å². The second kappa shape index (κ2) is 4.21. The fourth-order valence-electron chi connectivity index (χ4n) is 2.87. The average molecular weight is 212 g/mol. The minimum absolute atomic E-state index is 0.331. The Morgan fingerprint density at radius 2 is 2.29 bits per heavy atom. The van der Waals surface area contributed by atoms with Gasteiger partial charge < -0.3 is 0 Å². The normalized spacial score (nSPS) is 41.3. The van der Waals surface area contributed by atoms with Crippen LogP contribution in [-0.4, -0.2) is 17.8 Å². The second-order valence-electron chi connectivity index (χ2n) is 4.71. The van der Waals surface area contributed by atoms with Crippen LogP contribution in [0.5, 0.6) is 0 Å². The highest BCUT2D eigenvalue weighted by Gasteiger charge is 2.48. The lowest BCUT2D eigenvalue weighted by Crippen LogP contribution is -2.44. The fourth-order valence-corrected chi connectivity index (χ4v) is 3.44. The standard InChI is InChI=1S/C11H20N2S/c1-2-3-7-11-8-12-13-9(11)5-4-6-10(11)14/h9-10,14H,2-8H2,1H3. The molecule has 1 fully saturated rings. The van der Waals surface area contributed by atoms with E-state index in [0.29, 0.717) is 16.7 Å². The van der Waals surface area contributed by atoms with Crippen molar-refractivity contribution in [3.8, 4) is 0 Å². The maximum Gasteiger partial charge on any atom is 0.0793 e. The zero-order valence-corrected chi connectivity index (χ0v) is 9.84. The van der Waals surface area contributed by atoms with Gasteiger partial charge in [0.1, 0.15) is 0 Å². The molecule has 0 radical (unpaired) electrons. The van der Waals surface area contributed by atoms with E-state index >= 15 is 0 Å².